The van der Waals surface area contributed by atoms with Gasteiger partial charge < -0.3 is 0 Å². The standard InChI is InChI=1S/C55H35N7/c56-36-44-28-16-17-29-45(44)48-35-43(54-59-50(38-20-8-2-9-21-38)57-51(60-54)39-22-10-3-11-23-39)31-32-46(48)49-34-42(37-18-6-1-7-19-37)30-33-47(49)55-61-52(40-24-12-4-13-25-40)58-53(62-55)41-26-14-5-15-27-41/h1-35H. The number of benzene rings is 8. The normalized spacial score (nSPS) is 10.9. The first-order valence-electron chi connectivity index (χ1n) is 20.3. The van der Waals surface area contributed by atoms with Crippen molar-refractivity contribution in [1.29, 1.82) is 5.26 Å². The minimum atomic E-state index is 0.510. The maximum atomic E-state index is 10.5. The van der Waals surface area contributed by atoms with Crippen LogP contribution in [0, 0.1) is 11.3 Å². The Morgan fingerprint density at radius 3 is 1.05 bits per heavy atom. The molecule has 7 nitrogen and oxygen atoms in total. The minimum absolute atomic E-state index is 0.510. The molecule has 2 aromatic heterocycles. The maximum absolute atomic E-state index is 10.5. The second-order valence-corrected chi connectivity index (χ2v) is 14.6. The number of rotatable bonds is 9. The van der Waals surface area contributed by atoms with Crippen molar-refractivity contribution >= 4 is 0 Å². The summed E-state index contributed by atoms with van der Waals surface area (Å²) in [4.78, 5) is 30.4. The quantitative estimate of drug-likeness (QED) is 0.143. The summed E-state index contributed by atoms with van der Waals surface area (Å²) in [6.07, 6.45) is 0. The Hall–Kier alpha value is -8.73. The SMILES string of the molecule is N#Cc1ccccc1-c1cc(-c2nc(-c3ccccc3)nc(-c3ccccc3)n2)ccc1-c1cc(-c2ccccc2)ccc1-c1nc(-c2ccccc2)nc(-c2ccccc2)n1. The van der Waals surface area contributed by atoms with Crippen LogP contribution in [-0.2, 0) is 0 Å². The highest BCUT2D eigenvalue weighted by atomic mass is 15.0. The van der Waals surface area contributed by atoms with Gasteiger partial charge in [0.2, 0.25) is 0 Å². The molecule has 290 valence electrons. The summed E-state index contributed by atoms with van der Waals surface area (Å²) in [5, 5.41) is 10.5. The Morgan fingerprint density at radius 2 is 0.581 bits per heavy atom. The first kappa shape index (κ1) is 37.5. The summed E-state index contributed by atoms with van der Waals surface area (Å²) in [7, 11) is 0. The van der Waals surface area contributed by atoms with Crippen LogP contribution in [0.1, 0.15) is 5.56 Å². The molecule has 0 radical (unpaired) electrons. The maximum Gasteiger partial charge on any atom is 0.164 e. The van der Waals surface area contributed by atoms with Crippen LogP contribution in [0.5, 0.6) is 0 Å². The lowest BCUT2D eigenvalue weighted by Crippen LogP contribution is -2.02. The van der Waals surface area contributed by atoms with Gasteiger partial charge in [0.15, 0.2) is 34.9 Å². The van der Waals surface area contributed by atoms with Crippen molar-refractivity contribution in [3.8, 4) is 108 Å². The fraction of sp³-hybridized carbons (Fsp3) is 0. The topological polar surface area (TPSA) is 101 Å². The van der Waals surface area contributed by atoms with E-state index >= 15 is 0 Å². The van der Waals surface area contributed by atoms with Gasteiger partial charge in [-0.15, -0.1) is 0 Å². The summed E-state index contributed by atoms with van der Waals surface area (Å²) in [6, 6.07) is 72.9. The molecular weight excluding hydrogens is 759 g/mol. The molecule has 2 heterocycles. The minimum Gasteiger partial charge on any atom is -0.208 e. The van der Waals surface area contributed by atoms with Gasteiger partial charge in [-0.1, -0.05) is 188 Å². The third kappa shape index (κ3) is 7.63. The molecule has 0 bridgehead atoms. The highest BCUT2D eigenvalue weighted by Crippen LogP contribution is 2.43. The largest absolute Gasteiger partial charge is 0.208 e. The molecule has 62 heavy (non-hydrogen) atoms. The van der Waals surface area contributed by atoms with Crippen molar-refractivity contribution in [1.82, 2.24) is 29.9 Å². The Bertz CT molecular complexity index is 3110. The van der Waals surface area contributed by atoms with Crippen LogP contribution in [0.25, 0.3) is 102 Å². The molecule has 8 aromatic carbocycles. The fourth-order valence-electron chi connectivity index (χ4n) is 7.60. The summed E-state index contributed by atoms with van der Waals surface area (Å²) in [6.45, 7) is 0. The van der Waals surface area contributed by atoms with E-state index in [4.69, 9.17) is 29.9 Å². The zero-order chi connectivity index (χ0) is 41.7. The first-order chi connectivity index (χ1) is 30.7. The van der Waals surface area contributed by atoms with Crippen LogP contribution >= 0.6 is 0 Å². The van der Waals surface area contributed by atoms with E-state index in [1.807, 2.05) is 170 Å². The summed E-state index contributed by atoms with van der Waals surface area (Å²) in [5.74, 6) is 3.29. The molecule has 0 aliphatic heterocycles. The highest BCUT2D eigenvalue weighted by Gasteiger charge is 2.22. The fourth-order valence-corrected chi connectivity index (χ4v) is 7.60. The Kier molecular flexibility index (Phi) is 10.2. The van der Waals surface area contributed by atoms with Crippen molar-refractivity contribution in [2.75, 3.05) is 0 Å². The molecule has 0 saturated heterocycles. The monoisotopic (exact) mass is 793 g/mol. The molecule has 0 unspecified atom stereocenters. The molecule has 0 atom stereocenters. The van der Waals surface area contributed by atoms with Crippen molar-refractivity contribution in [3.63, 3.8) is 0 Å². The van der Waals surface area contributed by atoms with Gasteiger partial charge in [-0.25, -0.2) is 29.9 Å². The van der Waals surface area contributed by atoms with E-state index in [2.05, 4.69) is 48.5 Å². The van der Waals surface area contributed by atoms with Crippen molar-refractivity contribution in [3.05, 3.63) is 218 Å². The van der Waals surface area contributed by atoms with Crippen LogP contribution in [0.2, 0.25) is 0 Å². The molecule has 0 amide bonds. The van der Waals surface area contributed by atoms with Gasteiger partial charge in [-0.3, -0.25) is 0 Å². The molecule has 0 saturated carbocycles. The summed E-state index contributed by atoms with van der Waals surface area (Å²) < 4.78 is 0. The number of hydrogen-bond acceptors (Lipinski definition) is 7. The lowest BCUT2D eigenvalue weighted by molar-refractivity contribution is 1.07. The third-order valence-corrected chi connectivity index (χ3v) is 10.7. The smallest absolute Gasteiger partial charge is 0.164 e. The van der Waals surface area contributed by atoms with Gasteiger partial charge >= 0.3 is 0 Å². The molecule has 10 rings (SSSR count). The second kappa shape index (κ2) is 16.9. The van der Waals surface area contributed by atoms with Gasteiger partial charge in [0, 0.05) is 38.9 Å². The van der Waals surface area contributed by atoms with E-state index in [9.17, 15) is 5.26 Å². The van der Waals surface area contributed by atoms with E-state index < -0.39 is 0 Å². The van der Waals surface area contributed by atoms with Gasteiger partial charge in [0.1, 0.15) is 0 Å². The predicted octanol–water partition coefficient (Wildman–Crippen LogP) is 12.9. The molecule has 7 heteroatoms. The van der Waals surface area contributed by atoms with Gasteiger partial charge in [-0.05, 0) is 52.1 Å². The second-order valence-electron chi connectivity index (χ2n) is 14.6. The zero-order valence-corrected chi connectivity index (χ0v) is 33.3. The van der Waals surface area contributed by atoms with Crippen molar-refractivity contribution < 1.29 is 0 Å². The van der Waals surface area contributed by atoms with Crippen LogP contribution in [0.15, 0.2) is 212 Å². The lowest BCUT2D eigenvalue weighted by Gasteiger charge is -2.18. The average molecular weight is 794 g/mol. The molecular formula is C55H35N7. The number of nitriles is 1. The zero-order valence-electron chi connectivity index (χ0n) is 33.3. The average Bonchev–Trinajstić information content (AvgIpc) is 3.37. The molecule has 10 aromatic rings. The Balaban J connectivity index is 1.24. The summed E-state index contributed by atoms with van der Waals surface area (Å²) >= 11 is 0. The first-order valence-corrected chi connectivity index (χ1v) is 20.3. The number of aromatic nitrogens is 6. The van der Waals surface area contributed by atoms with Gasteiger partial charge in [0.05, 0.1) is 11.6 Å². The Labute approximate surface area is 359 Å². The van der Waals surface area contributed by atoms with E-state index in [1.54, 1.807) is 0 Å². The van der Waals surface area contributed by atoms with E-state index in [1.165, 1.54) is 0 Å². The lowest BCUT2D eigenvalue weighted by atomic mass is 9.87. The number of nitrogens with zero attached hydrogens (tertiary/aromatic N) is 7. The van der Waals surface area contributed by atoms with E-state index in [0.717, 1.165) is 66.8 Å². The molecule has 0 fully saturated rings. The van der Waals surface area contributed by atoms with Crippen LogP contribution in [-0.4, -0.2) is 29.9 Å². The molecule has 0 spiro atoms. The predicted molar refractivity (Wildman–Crippen MR) is 247 cm³/mol. The molecule has 0 aliphatic carbocycles. The highest BCUT2D eigenvalue weighted by molar-refractivity contribution is 5.95. The molecule has 0 N–H and O–H groups in total. The van der Waals surface area contributed by atoms with Crippen LogP contribution in [0.3, 0.4) is 0 Å². The van der Waals surface area contributed by atoms with E-state index in [0.29, 0.717) is 40.5 Å². The van der Waals surface area contributed by atoms with E-state index in [-0.39, 0.29) is 0 Å². The summed E-state index contributed by atoms with van der Waals surface area (Å²) in [5.41, 5.74) is 11.1. The Morgan fingerprint density at radius 1 is 0.242 bits per heavy atom. The van der Waals surface area contributed by atoms with Crippen LogP contribution in [0.4, 0.5) is 0 Å². The van der Waals surface area contributed by atoms with Crippen LogP contribution < -0.4 is 0 Å². The third-order valence-electron chi connectivity index (χ3n) is 10.7. The van der Waals surface area contributed by atoms with Gasteiger partial charge in [0.25, 0.3) is 0 Å². The van der Waals surface area contributed by atoms with Gasteiger partial charge in [-0.2, -0.15) is 5.26 Å². The van der Waals surface area contributed by atoms with Crippen molar-refractivity contribution in [2.24, 2.45) is 0 Å². The number of hydrogen-bond donors (Lipinski definition) is 0. The molecule has 0 aliphatic rings. The van der Waals surface area contributed by atoms with Crippen molar-refractivity contribution in [2.45, 2.75) is 0 Å².